The van der Waals surface area contributed by atoms with Gasteiger partial charge >= 0.3 is 0 Å². The van der Waals surface area contributed by atoms with Gasteiger partial charge in [0.1, 0.15) is 5.82 Å². The molecule has 0 atom stereocenters. The molecule has 0 radical (unpaired) electrons. The average Bonchev–Trinajstić information content (AvgIpc) is 2.26. The number of halogens is 1. The Labute approximate surface area is 112 Å². The lowest BCUT2D eigenvalue weighted by Gasteiger charge is -2.23. The van der Waals surface area contributed by atoms with Gasteiger partial charge in [-0.3, -0.25) is 5.41 Å². The van der Waals surface area contributed by atoms with Crippen molar-refractivity contribution in [2.45, 2.75) is 25.7 Å². The van der Waals surface area contributed by atoms with E-state index in [1.165, 1.54) is 13.0 Å². The Kier molecular flexibility index (Phi) is 4.32. The highest BCUT2D eigenvalue weighted by molar-refractivity contribution is 7.89. The summed E-state index contributed by atoms with van der Waals surface area (Å²) in [6.45, 7) is 4.85. The van der Waals surface area contributed by atoms with Crippen molar-refractivity contribution >= 4 is 15.9 Å². The van der Waals surface area contributed by atoms with Gasteiger partial charge in [0.15, 0.2) is 0 Å². The van der Waals surface area contributed by atoms with E-state index in [-0.39, 0.29) is 17.3 Å². The van der Waals surface area contributed by atoms with E-state index >= 15 is 0 Å². The second kappa shape index (κ2) is 5.26. The van der Waals surface area contributed by atoms with Crippen LogP contribution in [0.2, 0.25) is 0 Å². The normalized spacial score (nSPS) is 12.4. The summed E-state index contributed by atoms with van der Waals surface area (Å²) in [5.74, 6) is -0.591. The molecule has 0 heterocycles. The van der Waals surface area contributed by atoms with Gasteiger partial charge in [-0.15, -0.1) is 0 Å². The SMILES string of the molecule is Cc1cc(F)ccc1S(=O)(=O)NCC(C)(C)C(=N)N. The van der Waals surface area contributed by atoms with Crippen LogP contribution in [-0.4, -0.2) is 20.8 Å². The number of benzene rings is 1. The fraction of sp³-hybridized carbons (Fsp3) is 0.417. The van der Waals surface area contributed by atoms with Crippen LogP contribution in [0, 0.1) is 23.6 Å². The molecule has 5 nitrogen and oxygen atoms in total. The quantitative estimate of drug-likeness (QED) is 0.564. The third-order valence-corrected chi connectivity index (χ3v) is 4.42. The molecule has 0 amide bonds. The summed E-state index contributed by atoms with van der Waals surface area (Å²) >= 11 is 0. The fourth-order valence-electron chi connectivity index (χ4n) is 1.36. The highest BCUT2D eigenvalue weighted by Crippen LogP contribution is 2.18. The molecular formula is C12H18FN3O2S. The molecule has 0 saturated carbocycles. The first-order valence-corrected chi connectivity index (χ1v) is 7.15. The van der Waals surface area contributed by atoms with Crippen LogP contribution in [0.15, 0.2) is 23.1 Å². The molecule has 106 valence electrons. The highest BCUT2D eigenvalue weighted by Gasteiger charge is 2.25. The van der Waals surface area contributed by atoms with Gasteiger partial charge in [0, 0.05) is 12.0 Å². The summed E-state index contributed by atoms with van der Waals surface area (Å²) in [6.07, 6.45) is 0. The first-order chi connectivity index (χ1) is 8.56. The van der Waals surface area contributed by atoms with E-state index in [2.05, 4.69) is 4.72 Å². The van der Waals surface area contributed by atoms with E-state index in [1.807, 2.05) is 0 Å². The number of rotatable bonds is 5. The second-order valence-corrected chi connectivity index (χ2v) is 6.77. The third-order valence-electron chi connectivity index (χ3n) is 2.86. The molecule has 0 aliphatic heterocycles. The van der Waals surface area contributed by atoms with E-state index < -0.39 is 21.3 Å². The fourth-order valence-corrected chi connectivity index (χ4v) is 2.80. The number of sulfonamides is 1. The van der Waals surface area contributed by atoms with Crippen LogP contribution < -0.4 is 10.5 Å². The largest absolute Gasteiger partial charge is 0.387 e. The Morgan fingerprint density at radius 1 is 1.47 bits per heavy atom. The lowest BCUT2D eigenvalue weighted by atomic mass is 9.93. The van der Waals surface area contributed by atoms with Crippen molar-refractivity contribution in [3.8, 4) is 0 Å². The first-order valence-electron chi connectivity index (χ1n) is 5.66. The van der Waals surface area contributed by atoms with Gasteiger partial charge in [0.25, 0.3) is 0 Å². The molecule has 4 N–H and O–H groups in total. The van der Waals surface area contributed by atoms with Gasteiger partial charge in [-0.05, 0) is 30.7 Å². The van der Waals surface area contributed by atoms with Crippen LogP contribution in [-0.2, 0) is 10.0 Å². The average molecular weight is 287 g/mol. The molecule has 0 aliphatic carbocycles. The molecule has 0 aliphatic rings. The molecule has 1 aromatic rings. The van der Waals surface area contributed by atoms with Crippen molar-refractivity contribution < 1.29 is 12.8 Å². The maximum absolute atomic E-state index is 13.0. The number of nitrogens with one attached hydrogen (secondary N) is 2. The Hall–Kier alpha value is -1.47. The van der Waals surface area contributed by atoms with Crippen molar-refractivity contribution in [1.29, 1.82) is 5.41 Å². The van der Waals surface area contributed by atoms with E-state index in [4.69, 9.17) is 11.1 Å². The summed E-state index contributed by atoms with van der Waals surface area (Å²) in [4.78, 5) is 0.0215. The monoisotopic (exact) mass is 287 g/mol. The molecular weight excluding hydrogens is 269 g/mol. The predicted octanol–water partition coefficient (Wildman–Crippen LogP) is 1.37. The first kappa shape index (κ1) is 15.6. The number of aryl methyl sites for hydroxylation is 1. The predicted molar refractivity (Wildman–Crippen MR) is 72.0 cm³/mol. The standard InChI is InChI=1S/C12H18FN3O2S/c1-8-6-9(13)4-5-10(8)19(17,18)16-7-12(2,3)11(14)15/h4-6,16H,7H2,1-3H3,(H3,14,15). The minimum absolute atomic E-state index is 0.00147. The molecule has 1 aromatic carbocycles. The van der Waals surface area contributed by atoms with E-state index in [9.17, 15) is 12.8 Å². The Morgan fingerprint density at radius 3 is 2.53 bits per heavy atom. The number of nitrogens with two attached hydrogens (primary N) is 1. The summed E-state index contributed by atoms with van der Waals surface area (Å²) < 4.78 is 39.5. The smallest absolute Gasteiger partial charge is 0.240 e. The van der Waals surface area contributed by atoms with Gasteiger partial charge in [-0.2, -0.15) is 0 Å². The lowest BCUT2D eigenvalue weighted by Crippen LogP contribution is -2.42. The van der Waals surface area contributed by atoms with Crippen LogP contribution in [0.1, 0.15) is 19.4 Å². The third kappa shape index (κ3) is 3.74. The summed E-state index contributed by atoms with van der Waals surface area (Å²) in [6, 6.07) is 3.47. The van der Waals surface area contributed by atoms with Crippen LogP contribution in [0.4, 0.5) is 4.39 Å². The van der Waals surface area contributed by atoms with Gasteiger partial charge in [0.05, 0.1) is 10.7 Å². The van der Waals surface area contributed by atoms with Crippen molar-refractivity contribution in [3.63, 3.8) is 0 Å². The minimum Gasteiger partial charge on any atom is -0.387 e. The zero-order valence-corrected chi connectivity index (χ0v) is 11.9. The van der Waals surface area contributed by atoms with E-state index in [0.717, 1.165) is 12.1 Å². The number of hydrogen-bond acceptors (Lipinski definition) is 3. The highest BCUT2D eigenvalue weighted by atomic mass is 32.2. The lowest BCUT2D eigenvalue weighted by molar-refractivity contribution is 0.493. The number of hydrogen-bond donors (Lipinski definition) is 3. The minimum atomic E-state index is -3.74. The van der Waals surface area contributed by atoms with Gasteiger partial charge in [-0.1, -0.05) is 13.8 Å². The van der Waals surface area contributed by atoms with Gasteiger partial charge < -0.3 is 5.73 Å². The zero-order chi connectivity index (χ0) is 14.8. The molecule has 0 unspecified atom stereocenters. The molecule has 19 heavy (non-hydrogen) atoms. The summed E-state index contributed by atoms with van der Waals surface area (Å²) in [5, 5.41) is 7.37. The molecule has 0 aromatic heterocycles. The van der Waals surface area contributed by atoms with Gasteiger partial charge in [0.2, 0.25) is 10.0 Å². The van der Waals surface area contributed by atoms with Gasteiger partial charge in [-0.25, -0.2) is 17.5 Å². The zero-order valence-electron chi connectivity index (χ0n) is 11.1. The molecule has 0 spiro atoms. The molecule has 1 rings (SSSR count). The Morgan fingerprint density at radius 2 is 2.05 bits per heavy atom. The Balaban J connectivity index is 2.97. The topological polar surface area (TPSA) is 96.0 Å². The van der Waals surface area contributed by atoms with Crippen LogP contribution in [0.5, 0.6) is 0 Å². The van der Waals surface area contributed by atoms with Crippen LogP contribution in [0.25, 0.3) is 0 Å². The maximum atomic E-state index is 13.0. The second-order valence-electron chi connectivity index (χ2n) is 5.03. The van der Waals surface area contributed by atoms with Crippen molar-refractivity contribution in [2.75, 3.05) is 6.54 Å². The van der Waals surface area contributed by atoms with E-state index in [1.54, 1.807) is 13.8 Å². The van der Waals surface area contributed by atoms with Crippen LogP contribution >= 0.6 is 0 Å². The summed E-state index contributed by atoms with van der Waals surface area (Å²) in [5.41, 5.74) is 4.94. The van der Waals surface area contributed by atoms with Crippen LogP contribution in [0.3, 0.4) is 0 Å². The maximum Gasteiger partial charge on any atom is 0.240 e. The Bertz CT molecular complexity index is 597. The molecule has 7 heteroatoms. The van der Waals surface area contributed by atoms with Crippen molar-refractivity contribution in [1.82, 2.24) is 4.72 Å². The molecule has 0 bridgehead atoms. The number of amidine groups is 1. The van der Waals surface area contributed by atoms with E-state index in [0.29, 0.717) is 5.56 Å². The molecule has 0 fully saturated rings. The van der Waals surface area contributed by atoms with Crippen molar-refractivity contribution in [3.05, 3.63) is 29.6 Å². The van der Waals surface area contributed by atoms with Crippen molar-refractivity contribution in [2.24, 2.45) is 11.1 Å². The molecule has 0 saturated heterocycles. The summed E-state index contributed by atoms with van der Waals surface area (Å²) in [7, 11) is -3.74.